The van der Waals surface area contributed by atoms with Crippen LogP contribution in [0, 0.1) is 0 Å². The fourth-order valence-electron chi connectivity index (χ4n) is 4.36. The molecular weight excluding hydrogens is 848 g/mol. The van der Waals surface area contributed by atoms with Gasteiger partial charge >= 0.3 is 273 Å². The first-order valence-electron chi connectivity index (χ1n) is 13.0. The van der Waals surface area contributed by atoms with Crippen molar-refractivity contribution in [1.82, 2.24) is 0 Å². The van der Waals surface area contributed by atoms with Crippen LogP contribution >= 0.6 is 18.8 Å². The molecule has 0 nitrogen and oxygen atoms in total. The molecule has 0 unspecified atom stereocenters. The van der Waals surface area contributed by atoms with Crippen molar-refractivity contribution in [2.24, 2.45) is 0 Å². The van der Waals surface area contributed by atoms with Crippen LogP contribution in [0.15, 0.2) is 182 Å². The van der Waals surface area contributed by atoms with Crippen molar-refractivity contribution >= 4 is 74.2 Å². The van der Waals surface area contributed by atoms with Crippen LogP contribution in [0.2, 0.25) is 0 Å². The second-order valence-corrected chi connectivity index (χ2v) is 21.3. The Hall–Kier alpha value is -2.29. The summed E-state index contributed by atoms with van der Waals surface area (Å²) in [6.07, 6.45) is 0. The van der Waals surface area contributed by atoms with Gasteiger partial charge < -0.3 is 0 Å². The van der Waals surface area contributed by atoms with E-state index in [0.717, 1.165) is 0 Å². The Morgan fingerprint density at radius 3 is 0.512 bits per heavy atom. The molecule has 0 bridgehead atoms. The number of halogens is 2. The summed E-state index contributed by atoms with van der Waals surface area (Å²) in [4.78, 5) is 0. The van der Waals surface area contributed by atoms with Crippen LogP contribution < -0.4 is 26.1 Å². The van der Waals surface area contributed by atoms with Gasteiger partial charge in [-0.3, -0.25) is 0 Å². The monoisotopic (exact) mass is 877 g/mol. The summed E-state index contributed by atoms with van der Waals surface area (Å²) in [5.74, 6) is 0. The normalized spacial score (nSPS) is 10.3. The van der Waals surface area contributed by atoms with Gasteiger partial charge in [-0.1, -0.05) is 0 Å². The van der Waals surface area contributed by atoms with Gasteiger partial charge in [-0.05, 0) is 0 Å². The average Bonchev–Trinajstić information content (AvgIpc) is 3.05. The number of hydrogen-bond donors (Lipinski definition) is 0. The molecule has 41 heavy (non-hydrogen) atoms. The molecule has 208 valence electrons. The molecule has 0 radical (unpaired) electrons. The van der Waals surface area contributed by atoms with E-state index in [-0.39, 0.29) is 0 Å². The Morgan fingerprint density at radius 2 is 0.390 bits per heavy atom. The van der Waals surface area contributed by atoms with Crippen LogP contribution in [0.4, 0.5) is 0 Å². The molecule has 0 fully saturated rings. The molecule has 0 spiro atoms. The van der Waals surface area contributed by atoms with Gasteiger partial charge in [0.1, 0.15) is 0 Å². The summed E-state index contributed by atoms with van der Waals surface area (Å²) < 4.78 is 8.87. The fourth-order valence-corrected chi connectivity index (χ4v) is 14.0. The molecule has 0 N–H and O–H groups in total. The van der Waals surface area contributed by atoms with Crippen molar-refractivity contribution in [3.8, 4) is 0 Å². The minimum atomic E-state index is -1.39. The summed E-state index contributed by atoms with van der Waals surface area (Å²) in [5, 5.41) is 0. The summed E-state index contributed by atoms with van der Waals surface area (Å²) in [7, 11) is 9.75. The summed E-state index contributed by atoms with van der Waals surface area (Å²) in [6.45, 7) is 0. The molecule has 0 heterocycles. The summed E-state index contributed by atoms with van der Waals surface area (Å²) in [5.41, 5.74) is 0. The first kappa shape index (κ1) is 31.6. The van der Waals surface area contributed by atoms with Gasteiger partial charge in [-0.25, -0.2) is 0 Å². The third kappa shape index (κ3) is 9.89. The van der Waals surface area contributed by atoms with Gasteiger partial charge in [0.05, 0.1) is 0 Å². The molecule has 0 amide bonds. The topological polar surface area (TPSA) is 0 Å². The second-order valence-electron chi connectivity index (χ2n) is 8.73. The van der Waals surface area contributed by atoms with Gasteiger partial charge in [-0.15, -0.1) is 0 Å². The van der Waals surface area contributed by atoms with Crippen molar-refractivity contribution in [3.05, 3.63) is 182 Å². The van der Waals surface area contributed by atoms with Crippen molar-refractivity contribution in [3.63, 3.8) is 0 Å². The molecular formula is C36H30As2Cl2Pt. The van der Waals surface area contributed by atoms with Crippen molar-refractivity contribution in [2.75, 3.05) is 0 Å². The predicted molar refractivity (Wildman–Crippen MR) is 180 cm³/mol. The van der Waals surface area contributed by atoms with Crippen LogP contribution in [0.1, 0.15) is 0 Å². The van der Waals surface area contributed by atoms with Crippen molar-refractivity contribution in [2.45, 2.75) is 0 Å². The van der Waals surface area contributed by atoms with E-state index in [4.69, 9.17) is 18.8 Å². The maximum atomic E-state index is 4.88. The Morgan fingerprint density at radius 1 is 0.268 bits per heavy atom. The molecule has 0 aliphatic rings. The minimum absolute atomic E-state index is 0.472. The first-order chi connectivity index (χ1) is 20.3. The molecule has 0 saturated carbocycles. The van der Waals surface area contributed by atoms with Crippen LogP contribution in [-0.2, 0) is 16.5 Å². The third-order valence-corrected chi connectivity index (χ3v) is 16.3. The second kappa shape index (κ2) is 18.3. The van der Waals surface area contributed by atoms with Crippen LogP contribution in [-0.4, -0.2) is 29.3 Å². The zero-order valence-electron chi connectivity index (χ0n) is 22.3. The van der Waals surface area contributed by atoms with E-state index >= 15 is 0 Å². The van der Waals surface area contributed by atoms with E-state index in [0.29, 0.717) is 0 Å². The standard InChI is InChI=1S/2C18H15As.2ClH.Pt/c2*1-4-10-16(11-5-1)19(17-12-6-2-7-13-17)18-14-8-3-9-15-18;;;/h2*1-15H;2*1H;/q;;;;+2/p-2. The zero-order valence-corrected chi connectivity index (χ0v) is 29.8. The molecule has 6 aromatic rings. The fraction of sp³-hybridized carbons (Fsp3) is 0. The Balaban J connectivity index is 0.000000173. The summed E-state index contributed by atoms with van der Waals surface area (Å²) >= 11 is -3.25. The van der Waals surface area contributed by atoms with Crippen molar-refractivity contribution < 1.29 is 16.5 Å². The Labute approximate surface area is 270 Å². The van der Waals surface area contributed by atoms with Gasteiger partial charge in [-0.2, -0.15) is 0 Å². The average molecular weight is 878 g/mol. The van der Waals surface area contributed by atoms with E-state index in [1.54, 1.807) is 0 Å². The van der Waals surface area contributed by atoms with Crippen LogP contribution in [0.3, 0.4) is 0 Å². The van der Waals surface area contributed by atoms with Gasteiger partial charge in [0.2, 0.25) is 0 Å². The maximum absolute atomic E-state index is 4.88. The molecule has 0 aliphatic carbocycles. The molecule has 5 heteroatoms. The van der Waals surface area contributed by atoms with E-state index < -0.39 is 45.8 Å². The van der Waals surface area contributed by atoms with E-state index in [1.807, 2.05) is 0 Å². The Bertz CT molecular complexity index is 1200. The molecule has 6 rings (SSSR count). The third-order valence-electron chi connectivity index (χ3n) is 6.09. The number of benzene rings is 6. The quantitative estimate of drug-likeness (QED) is 0.187. The van der Waals surface area contributed by atoms with Gasteiger partial charge in [0, 0.05) is 0 Å². The number of rotatable bonds is 6. The molecule has 0 aromatic heterocycles. The Kier molecular flexibility index (Phi) is 14.1. The molecule has 0 aliphatic heterocycles. The molecule has 0 atom stereocenters. The van der Waals surface area contributed by atoms with E-state index in [9.17, 15) is 0 Å². The van der Waals surface area contributed by atoms with Gasteiger partial charge in [0.25, 0.3) is 0 Å². The SMILES string of the molecule is [Cl][Pt][Cl].c1ccc([As](c2ccccc2)c2ccccc2)cc1.c1ccc([As](c2ccccc2)c2ccccc2)cc1. The van der Waals surface area contributed by atoms with Crippen molar-refractivity contribution in [1.29, 1.82) is 0 Å². The molecule has 0 saturated heterocycles. The molecule has 6 aromatic carbocycles. The van der Waals surface area contributed by atoms with Crippen LogP contribution in [0.5, 0.6) is 0 Å². The van der Waals surface area contributed by atoms with Gasteiger partial charge in [0.15, 0.2) is 0 Å². The zero-order chi connectivity index (χ0) is 28.5. The number of hydrogen-bond acceptors (Lipinski definition) is 0. The first-order valence-corrected chi connectivity index (χ1v) is 24.3. The van der Waals surface area contributed by atoms with E-state index in [2.05, 4.69) is 182 Å². The van der Waals surface area contributed by atoms with Crippen LogP contribution in [0.25, 0.3) is 0 Å². The summed E-state index contributed by atoms with van der Waals surface area (Å²) in [6, 6.07) is 65.4. The van der Waals surface area contributed by atoms with E-state index in [1.165, 1.54) is 26.1 Å². The predicted octanol–water partition coefficient (Wildman–Crippen LogP) is 5.78.